The lowest BCUT2D eigenvalue weighted by molar-refractivity contribution is 0.433. The number of para-hydroxylation sites is 1. The molecule has 34 heavy (non-hydrogen) atoms. The third-order valence-electron chi connectivity index (χ3n) is 5.66. The molecule has 0 saturated heterocycles. The second-order valence-corrected chi connectivity index (χ2v) is 8.95. The maximum absolute atomic E-state index is 14.2. The number of thiophene rings is 1. The van der Waals surface area contributed by atoms with Crippen LogP contribution in [0.1, 0.15) is 11.3 Å². The Kier molecular flexibility index (Phi) is 5.86. The maximum Gasteiger partial charge on any atom is 0.262 e. The Morgan fingerprint density at radius 2 is 1.79 bits per heavy atom. The number of rotatable bonds is 6. The van der Waals surface area contributed by atoms with Crippen molar-refractivity contribution in [3.05, 3.63) is 106 Å². The smallest absolute Gasteiger partial charge is 0.262 e. The molecule has 170 valence electrons. The monoisotopic (exact) mass is 472 g/mol. The largest absolute Gasteiger partial charge is 0.504 e. The van der Waals surface area contributed by atoms with Gasteiger partial charge < -0.3 is 9.52 Å². The van der Waals surface area contributed by atoms with E-state index in [9.17, 15) is 14.3 Å². The van der Waals surface area contributed by atoms with Crippen LogP contribution in [0.5, 0.6) is 5.75 Å². The minimum Gasteiger partial charge on any atom is -0.504 e. The minimum atomic E-state index is -0.760. The first-order chi connectivity index (χ1) is 16.5. The molecule has 0 saturated carbocycles. The highest BCUT2D eigenvalue weighted by molar-refractivity contribution is 7.18. The number of hydrogen-bond acceptors (Lipinski definition) is 5. The highest BCUT2D eigenvalue weighted by atomic mass is 32.1. The first kappa shape index (κ1) is 21.9. The predicted molar refractivity (Wildman–Crippen MR) is 131 cm³/mol. The number of aryl methyl sites for hydroxylation is 2. The third kappa shape index (κ3) is 4.06. The summed E-state index contributed by atoms with van der Waals surface area (Å²) >= 11 is 1.45. The maximum atomic E-state index is 14.2. The van der Waals surface area contributed by atoms with Gasteiger partial charge in [0.05, 0.1) is 28.0 Å². The van der Waals surface area contributed by atoms with Gasteiger partial charge in [-0.3, -0.25) is 9.36 Å². The molecule has 0 radical (unpaired) electrons. The Morgan fingerprint density at radius 1 is 1.00 bits per heavy atom. The normalized spacial score (nSPS) is 11.1. The summed E-state index contributed by atoms with van der Waals surface area (Å²) in [6.07, 6.45) is 2.19. The molecule has 3 heterocycles. The number of phenolic OH excluding ortho intramolecular Hbond substituents is 1. The average molecular weight is 473 g/mol. The number of furan rings is 1. The van der Waals surface area contributed by atoms with E-state index in [1.165, 1.54) is 28.0 Å². The second kappa shape index (κ2) is 9.11. The van der Waals surface area contributed by atoms with Crippen molar-refractivity contribution in [2.75, 3.05) is 0 Å². The number of aromatic nitrogens is 2. The van der Waals surface area contributed by atoms with E-state index in [0.717, 1.165) is 21.1 Å². The van der Waals surface area contributed by atoms with Gasteiger partial charge in [0.25, 0.3) is 5.56 Å². The molecule has 3 aromatic heterocycles. The topological polar surface area (TPSA) is 68.3 Å². The van der Waals surface area contributed by atoms with Gasteiger partial charge in [0.1, 0.15) is 11.6 Å². The van der Waals surface area contributed by atoms with Gasteiger partial charge in [0, 0.05) is 11.4 Å². The Morgan fingerprint density at radius 3 is 2.56 bits per heavy atom. The molecule has 0 aliphatic rings. The molecule has 0 spiro atoms. The van der Waals surface area contributed by atoms with Crippen molar-refractivity contribution in [2.45, 2.75) is 19.9 Å². The van der Waals surface area contributed by atoms with Gasteiger partial charge >= 0.3 is 0 Å². The van der Waals surface area contributed by atoms with Crippen LogP contribution in [0.2, 0.25) is 0 Å². The van der Waals surface area contributed by atoms with Crippen molar-refractivity contribution >= 4 is 11.3 Å². The van der Waals surface area contributed by atoms with E-state index in [2.05, 4.69) is 4.98 Å². The van der Waals surface area contributed by atoms with Crippen LogP contribution in [0, 0.1) is 12.7 Å². The number of halogens is 1. The van der Waals surface area contributed by atoms with Crippen LogP contribution >= 0.6 is 11.3 Å². The van der Waals surface area contributed by atoms with Crippen molar-refractivity contribution in [1.29, 1.82) is 0 Å². The Balaban J connectivity index is 1.65. The van der Waals surface area contributed by atoms with E-state index in [0.29, 0.717) is 24.2 Å². The third-order valence-corrected chi connectivity index (χ3v) is 6.78. The molecule has 0 unspecified atom stereocenters. The van der Waals surface area contributed by atoms with Crippen molar-refractivity contribution in [1.82, 2.24) is 9.55 Å². The van der Waals surface area contributed by atoms with Crippen molar-refractivity contribution in [3.63, 3.8) is 0 Å². The molecule has 7 heteroatoms. The first-order valence-electron chi connectivity index (χ1n) is 10.8. The van der Waals surface area contributed by atoms with Gasteiger partial charge in [0.2, 0.25) is 0 Å². The number of benzene rings is 2. The van der Waals surface area contributed by atoms with E-state index in [1.807, 2.05) is 54.6 Å². The molecule has 0 fully saturated rings. The lowest BCUT2D eigenvalue weighted by Crippen LogP contribution is -2.27. The van der Waals surface area contributed by atoms with Crippen LogP contribution in [0.3, 0.4) is 0 Å². The lowest BCUT2D eigenvalue weighted by atomic mass is 10.1. The number of aromatic hydroxyl groups is 1. The SMILES string of the molecule is Cc1nc(-c2cccc(F)c2O)n(CCc2ccccc2)c(=O)c1-c1ccc(-c2ccco2)s1. The highest BCUT2D eigenvalue weighted by Gasteiger charge is 2.21. The number of hydrogen-bond donors (Lipinski definition) is 1. The van der Waals surface area contributed by atoms with E-state index < -0.39 is 11.6 Å². The van der Waals surface area contributed by atoms with E-state index in [1.54, 1.807) is 19.3 Å². The molecule has 0 amide bonds. The van der Waals surface area contributed by atoms with Gasteiger partial charge in [-0.05, 0) is 55.3 Å². The second-order valence-electron chi connectivity index (χ2n) is 7.87. The van der Waals surface area contributed by atoms with Gasteiger partial charge in [-0.1, -0.05) is 36.4 Å². The summed E-state index contributed by atoms with van der Waals surface area (Å²) in [5.41, 5.74) is 1.99. The number of phenols is 1. The molecule has 2 aromatic carbocycles. The van der Waals surface area contributed by atoms with Crippen LogP contribution in [-0.4, -0.2) is 14.7 Å². The summed E-state index contributed by atoms with van der Waals surface area (Å²) in [6.45, 7) is 2.08. The molecule has 5 aromatic rings. The fourth-order valence-corrected chi connectivity index (χ4v) is 5.03. The Labute approximate surface area is 199 Å². The highest BCUT2D eigenvalue weighted by Crippen LogP contribution is 2.36. The molecular formula is C27H21FN2O3S. The molecule has 1 N–H and O–H groups in total. The van der Waals surface area contributed by atoms with Gasteiger partial charge in [-0.25, -0.2) is 9.37 Å². The summed E-state index contributed by atoms with van der Waals surface area (Å²) < 4.78 is 21.2. The van der Waals surface area contributed by atoms with Crippen LogP contribution in [0.15, 0.2) is 88.3 Å². The minimum absolute atomic E-state index is 0.183. The van der Waals surface area contributed by atoms with Gasteiger partial charge in [-0.2, -0.15) is 0 Å². The fourth-order valence-electron chi connectivity index (χ4n) is 3.96. The average Bonchev–Trinajstić information content (AvgIpc) is 3.53. The standard InChI is InChI=1S/C27H21FN2O3S/c1-17-24(23-13-12-22(34-23)21-11-6-16-33-21)27(32)30(15-14-18-7-3-2-4-8-18)26(29-17)19-9-5-10-20(28)25(19)31/h2-13,16,31H,14-15H2,1H3. The fraction of sp³-hybridized carbons (Fsp3) is 0.111. The summed E-state index contributed by atoms with van der Waals surface area (Å²) in [5, 5.41) is 10.4. The summed E-state index contributed by atoms with van der Waals surface area (Å²) in [4.78, 5) is 20.2. The summed E-state index contributed by atoms with van der Waals surface area (Å²) in [6, 6.07) is 21.5. The summed E-state index contributed by atoms with van der Waals surface area (Å²) in [7, 11) is 0. The van der Waals surface area contributed by atoms with Gasteiger partial charge in [0.15, 0.2) is 11.6 Å². The van der Waals surface area contributed by atoms with Crippen LogP contribution in [0.25, 0.3) is 32.5 Å². The van der Waals surface area contributed by atoms with Gasteiger partial charge in [-0.15, -0.1) is 11.3 Å². The predicted octanol–water partition coefficient (Wildman–Crippen LogP) is 6.29. The van der Waals surface area contributed by atoms with Crippen LogP contribution < -0.4 is 5.56 Å². The zero-order valence-corrected chi connectivity index (χ0v) is 19.2. The van der Waals surface area contributed by atoms with E-state index in [4.69, 9.17) is 4.42 Å². The molecular weight excluding hydrogens is 451 g/mol. The van der Waals surface area contributed by atoms with Crippen molar-refractivity contribution < 1.29 is 13.9 Å². The molecule has 5 nitrogen and oxygen atoms in total. The quantitative estimate of drug-likeness (QED) is 0.315. The zero-order chi connectivity index (χ0) is 23.7. The molecule has 0 aliphatic carbocycles. The van der Waals surface area contributed by atoms with E-state index >= 15 is 0 Å². The van der Waals surface area contributed by atoms with E-state index in [-0.39, 0.29) is 16.9 Å². The molecule has 0 bridgehead atoms. The summed E-state index contributed by atoms with van der Waals surface area (Å²) in [5.74, 6) is -0.315. The molecule has 0 aliphatic heterocycles. The van der Waals surface area contributed by atoms with Crippen LogP contribution in [0.4, 0.5) is 4.39 Å². The molecule has 0 atom stereocenters. The van der Waals surface area contributed by atoms with Crippen molar-refractivity contribution in [3.8, 4) is 38.2 Å². The Hall–Kier alpha value is -3.97. The molecule has 5 rings (SSSR count). The first-order valence-corrected chi connectivity index (χ1v) is 11.6. The zero-order valence-electron chi connectivity index (χ0n) is 18.4. The Bertz CT molecular complexity index is 1510. The van der Waals surface area contributed by atoms with Crippen LogP contribution in [-0.2, 0) is 13.0 Å². The number of nitrogens with zero attached hydrogens (tertiary/aromatic N) is 2. The van der Waals surface area contributed by atoms with Crippen molar-refractivity contribution in [2.24, 2.45) is 0 Å². The lowest BCUT2D eigenvalue weighted by Gasteiger charge is -2.16.